The minimum absolute atomic E-state index is 0.0188. The van der Waals surface area contributed by atoms with Gasteiger partial charge in [0.1, 0.15) is 50.0 Å². The van der Waals surface area contributed by atoms with Gasteiger partial charge in [-0.1, -0.05) is 114 Å². The number of quaternary nitrogens is 1. The molecule has 2 aliphatic heterocycles. The molecule has 5 atom stereocenters. The number of esters is 1. The van der Waals surface area contributed by atoms with E-state index in [0.29, 0.717) is 62.2 Å². The second-order valence-corrected chi connectivity index (χ2v) is 22.2. The quantitative estimate of drug-likeness (QED) is 0.0137. The first-order valence-corrected chi connectivity index (χ1v) is 28.0. The van der Waals surface area contributed by atoms with E-state index in [0.717, 1.165) is 36.0 Å². The average Bonchev–Trinajstić information content (AvgIpc) is 4.12. The van der Waals surface area contributed by atoms with E-state index in [9.17, 15) is 28.8 Å². The van der Waals surface area contributed by atoms with Gasteiger partial charge in [-0.25, -0.2) is 8.42 Å². The van der Waals surface area contributed by atoms with Gasteiger partial charge < -0.3 is 49.3 Å². The van der Waals surface area contributed by atoms with Gasteiger partial charge in [-0.2, -0.15) is 0 Å². The summed E-state index contributed by atoms with van der Waals surface area (Å²) in [6, 6.07) is 20.2. The highest BCUT2D eigenvalue weighted by atomic mass is 32.2. The van der Waals surface area contributed by atoms with Crippen LogP contribution in [0.15, 0.2) is 78.9 Å². The monoisotopic (exact) mass is 1070 g/mol. The number of rotatable bonds is 29. The fourth-order valence-electron chi connectivity index (χ4n) is 8.82. The molecule has 3 aromatic carbocycles. The molecule has 5 rings (SSSR count). The van der Waals surface area contributed by atoms with Crippen molar-refractivity contribution in [1.29, 1.82) is 0 Å². The number of nitrogens with zero attached hydrogens (tertiary/aromatic N) is 1. The smallest absolute Gasteiger partial charge is 0.311 e. The molecule has 0 unspecified atom stereocenters. The zero-order chi connectivity index (χ0) is 55.9. The largest absolute Gasteiger partial charge is 0.748 e. The second-order valence-electron chi connectivity index (χ2n) is 20.8. The number of morpholine rings is 1. The van der Waals surface area contributed by atoms with Gasteiger partial charge in [0.2, 0.25) is 17.7 Å². The van der Waals surface area contributed by atoms with Crippen molar-refractivity contribution in [2.75, 3.05) is 52.3 Å². The third-order valence-electron chi connectivity index (χ3n) is 12.9. The van der Waals surface area contributed by atoms with Crippen molar-refractivity contribution in [2.45, 2.75) is 136 Å². The molecule has 2 aliphatic rings. The Hall–Kier alpha value is -6.17. The SMILES string of the molecule is C#CCOc1cc(C[N+]2(CC(=O)N[C@@H](CCc3ccccc3)C(=O)N[C@@H](CC(C)C)C(=O)N[C@@H](Cc3ccccc3)C(=O)N[C@@H](CC(C)C)C(=O)[C@@]3(C)CO3)CCOCC2)ccc1OC(=O)CCCCC.CS(=O)(=O)[O-]. The fourth-order valence-corrected chi connectivity index (χ4v) is 8.82. The van der Waals surface area contributed by atoms with Gasteiger partial charge in [0.05, 0.1) is 36.0 Å². The molecule has 18 nitrogen and oxygen atoms in total. The normalized spacial score (nSPS) is 17.3. The fraction of sp³-hybridized carbons (Fsp3) is 0.544. The van der Waals surface area contributed by atoms with Gasteiger partial charge in [0.25, 0.3) is 5.91 Å². The maximum Gasteiger partial charge on any atom is 0.311 e. The molecule has 2 saturated heterocycles. The minimum Gasteiger partial charge on any atom is -0.748 e. The van der Waals surface area contributed by atoms with Gasteiger partial charge >= 0.3 is 5.97 Å². The number of hydrogen-bond acceptors (Lipinski definition) is 13. The predicted molar refractivity (Wildman–Crippen MR) is 286 cm³/mol. The maximum atomic E-state index is 14.6. The second kappa shape index (κ2) is 30.5. The third kappa shape index (κ3) is 22.6. The molecule has 2 fully saturated rings. The lowest BCUT2D eigenvalue weighted by Gasteiger charge is -2.41. The van der Waals surface area contributed by atoms with Crippen molar-refractivity contribution in [3.05, 3.63) is 95.6 Å². The van der Waals surface area contributed by atoms with Gasteiger partial charge in [-0.05, 0) is 80.2 Å². The van der Waals surface area contributed by atoms with Gasteiger partial charge in [-0.3, -0.25) is 28.8 Å². The van der Waals surface area contributed by atoms with Crippen LogP contribution in [0.5, 0.6) is 11.5 Å². The standard InChI is InChI=1S/C56H75N5O10.CH4O3S/c1-8-10-13-22-51(63)71-48-26-24-43(35-49(48)69-29-9-2)36-61(27-30-68-31-28-61)37-50(62)57-44(25-23-41-18-14-11-15-19-41)53(65)59-46(33-40(5)6)54(66)60-47(34-42-20-16-12-17-21-42)55(67)58-45(32-39(3)4)52(64)56(7)38-70-56;1-5(2,3)4/h2,11-12,14-21,24,26,35,39-40,44-47H,8,10,13,22-23,25,27-34,36-38H2,1,3-7H3,(H3-,57,58,59,60,62,65,66,67);1H3,(H,2,3,4)/t44-,45-,46-,47-,56+;/m0./s1. The molecule has 0 spiro atoms. The van der Waals surface area contributed by atoms with Crippen LogP contribution in [0.3, 0.4) is 0 Å². The minimum atomic E-state index is -3.92. The number of ketones is 1. The summed E-state index contributed by atoms with van der Waals surface area (Å²) >= 11 is 0. The Morgan fingerprint density at radius 1 is 0.763 bits per heavy atom. The zero-order valence-electron chi connectivity index (χ0n) is 45.2. The van der Waals surface area contributed by atoms with Crippen molar-refractivity contribution in [2.24, 2.45) is 11.8 Å². The van der Waals surface area contributed by atoms with E-state index in [4.69, 9.17) is 38.3 Å². The van der Waals surface area contributed by atoms with Crippen LogP contribution in [0.2, 0.25) is 0 Å². The lowest BCUT2D eigenvalue weighted by atomic mass is 9.93. The molecule has 4 amide bonds. The maximum absolute atomic E-state index is 14.6. The Morgan fingerprint density at radius 3 is 1.89 bits per heavy atom. The average molecular weight is 1070 g/mol. The van der Waals surface area contributed by atoms with Crippen LogP contribution in [0.1, 0.15) is 103 Å². The molecule has 0 aromatic heterocycles. The van der Waals surface area contributed by atoms with E-state index in [1.54, 1.807) is 19.1 Å². The Morgan fingerprint density at radius 2 is 1.32 bits per heavy atom. The topological polar surface area (TPSA) is 248 Å². The van der Waals surface area contributed by atoms with Crippen LogP contribution < -0.4 is 30.7 Å². The van der Waals surface area contributed by atoms with Crippen molar-refractivity contribution in [3.8, 4) is 23.8 Å². The van der Waals surface area contributed by atoms with Gasteiger partial charge in [0, 0.05) is 24.7 Å². The summed E-state index contributed by atoms with van der Waals surface area (Å²) in [7, 11) is -3.92. The van der Waals surface area contributed by atoms with Gasteiger partial charge in [0.15, 0.2) is 23.8 Å². The number of terminal acetylenes is 1. The molecule has 0 bridgehead atoms. The highest BCUT2D eigenvalue weighted by Crippen LogP contribution is 2.32. The summed E-state index contributed by atoms with van der Waals surface area (Å²) in [4.78, 5) is 83.8. The van der Waals surface area contributed by atoms with Crippen LogP contribution in [-0.2, 0) is 67.7 Å². The van der Waals surface area contributed by atoms with E-state index in [1.165, 1.54) is 0 Å². The molecular formula is C57H79N5O13S. The lowest BCUT2D eigenvalue weighted by molar-refractivity contribution is -0.940. The number of epoxide rings is 1. The summed E-state index contributed by atoms with van der Waals surface area (Å²) < 4.78 is 50.3. The zero-order valence-corrected chi connectivity index (χ0v) is 46.0. The van der Waals surface area contributed by atoms with Crippen molar-refractivity contribution < 1.29 is 65.2 Å². The molecule has 2 heterocycles. The predicted octanol–water partition coefficient (Wildman–Crippen LogP) is 4.96. The number of amides is 4. The summed E-state index contributed by atoms with van der Waals surface area (Å²) in [6.07, 6.45) is 10.5. The highest BCUT2D eigenvalue weighted by molar-refractivity contribution is 7.84. The molecule has 0 radical (unpaired) electrons. The molecular weight excluding hydrogens is 995 g/mol. The molecule has 0 aliphatic carbocycles. The summed E-state index contributed by atoms with van der Waals surface area (Å²) in [5.74, 6) is 0.528. The van der Waals surface area contributed by atoms with Crippen molar-refractivity contribution in [3.63, 3.8) is 0 Å². The van der Waals surface area contributed by atoms with Crippen LogP contribution in [0.4, 0.5) is 0 Å². The summed E-state index contributed by atoms with van der Waals surface area (Å²) in [5, 5.41) is 11.9. The van der Waals surface area contributed by atoms with Crippen LogP contribution in [0.25, 0.3) is 0 Å². The molecule has 0 saturated carbocycles. The number of aryl methyl sites for hydroxylation is 1. The molecule has 3 aromatic rings. The van der Waals surface area contributed by atoms with Crippen LogP contribution in [0, 0.1) is 24.2 Å². The number of benzene rings is 3. The summed E-state index contributed by atoms with van der Waals surface area (Å²) in [5.41, 5.74) is 1.62. The molecule has 19 heteroatoms. The van der Waals surface area contributed by atoms with Crippen LogP contribution in [-0.4, -0.2) is 135 Å². The van der Waals surface area contributed by atoms with Crippen LogP contribution >= 0.6 is 0 Å². The number of nitrogens with one attached hydrogen (secondary N) is 4. The Bertz CT molecular complexity index is 2520. The highest BCUT2D eigenvalue weighted by Gasteiger charge is 2.50. The van der Waals surface area contributed by atoms with E-state index in [1.807, 2.05) is 94.4 Å². The number of carbonyl (C=O) groups excluding carboxylic acids is 6. The molecule has 76 heavy (non-hydrogen) atoms. The van der Waals surface area contributed by atoms with Gasteiger partial charge in [-0.15, -0.1) is 6.42 Å². The number of ether oxygens (including phenoxy) is 4. The van der Waals surface area contributed by atoms with E-state index in [-0.39, 0.29) is 80.7 Å². The number of unbranched alkanes of at least 4 members (excludes halogenated alkanes) is 2. The summed E-state index contributed by atoms with van der Waals surface area (Å²) in [6.45, 7) is 14.1. The lowest BCUT2D eigenvalue weighted by Crippen LogP contribution is -2.61. The Balaban J connectivity index is 0.00000238. The van der Waals surface area contributed by atoms with E-state index < -0.39 is 57.6 Å². The third-order valence-corrected chi connectivity index (χ3v) is 12.9. The number of hydrogen-bond donors (Lipinski definition) is 4. The van der Waals surface area contributed by atoms with E-state index >= 15 is 0 Å². The first-order chi connectivity index (χ1) is 36.0. The number of carbonyl (C=O) groups is 6. The Labute approximate surface area is 449 Å². The first-order valence-electron chi connectivity index (χ1n) is 26.2. The number of Topliss-reactive ketones (excluding diaryl/α,β-unsaturated/α-hetero) is 1. The molecule has 416 valence electrons. The van der Waals surface area contributed by atoms with Crippen molar-refractivity contribution in [1.82, 2.24) is 21.3 Å². The van der Waals surface area contributed by atoms with Crippen molar-refractivity contribution >= 4 is 45.5 Å². The first kappa shape index (κ1) is 62.4. The Kier molecular flexibility index (Phi) is 25.1. The molecule has 4 N–H and O–H groups in total. The van der Waals surface area contributed by atoms with E-state index in [2.05, 4.69) is 34.1 Å².